The van der Waals surface area contributed by atoms with E-state index in [9.17, 15) is 9.59 Å². The van der Waals surface area contributed by atoms with Crippen molar-refractivity contribution in [3.05, 3.63) is 0 Å². The Hall–Kier alpha value is -1.34. The number of likely N-dealkylation sites (tertiary alicyclic amines) is 1. The van der Waals surface area contributed by atoms with Crippen LogP contribution in [0, 0.1) is 0 Å². The molecule has 7 nitrogen and oxygen atoms in total. The van der Waals surface area contributed by atoms with E-state index >= 15 is 0 Å². The van der Waals surface area contributed by atoms with Crippen molar-refractivity contribution in [1.29, 1.82) is 0 Å². The third-order valence-electron chi connectivity index (χ3n) is 5.16. The minimum Gasteiger partial charge on any atom is -0.459 e. The second kappa shape index (κ2) is 10.4. The van der Waals surface area contributed by atoms with Gasteiger partial charge in [0.15, 0.2) is 6.10 Å². The monoisotopic (exact) mass is 399 g/mol. The van der Waals surface area contributed by atoms with Crippen molar-refractivity contribution in [3.63, 3.8) is 0 Å². The molecule has 0 spiro atoms. The van der Waals surface area contributed by atoms with Crippen LogP contribution in [0.2, 0.25) is 0 Å². The second-order valence-electron chi connectivity index (χ2n) is 8.84. The lowest BCUT2D eigenvalue weighted by atomic mass is 9.98. The van der Waals surface area contributed by atoms with Gasteiger partial charge in [0, 0.05) is 13.2 Å². The molecule has 1 amide bonds. The Morgan fingerprint density at radius 3 is 2.46 bits per heavy atom. The van der Waals surface area contributed by atoms with Crippen LogP contribution in [0.4, 0.5) is 4.79 Å². The Bertz CT molecular complexity index is 512. The summed E-state index contributed by atoms with van der Waals surface area (Å²) in [6.45, 7) is 10.9. The number of ether oxygens (including phenoxy) is 4. The topological polar surface area (TPSA) is 74.3 Å². The number of rotatable bonds is 6. The van der Waals surface area contributed by atoms with Gasteiger partial charge in [-0.2, -0.15) is 0 Å². The molecule has 7 heteroatoms. The summed E-state index contributed by atoms with van der Waals surface area (Å²) in [5.41, 5.74) is -0.553. The van der Waals surface area contributed by atoms with E-state index in [0.717, 1.165) is 45.1 Å². The third kappa shape index (κ3) is 7.24. The first-order chi connectivity index (χ1) is 13.2. The van der Waals surface area contributed by atoms with E-state index < -0.39 is 23.8 Å². The molecule has 2 aliphatic rings. The average molecular weight is 400 g/mol. The number of amides is 1. The minimum atomic E-state index is -0.661. The molecule has 0 aromatic carbocycles. The van der Waals surface area contributed by atoms with E-state index in [2.05, 4.69) is 0 Å². The Balaban J connectivity index is 1.84. The van der Waals surface area contributed by atoms with Gasteiger partial charge in [-0.3, -0.25) is 0 Å². The number of carbonyl (C=O) groups excluding carboxylic acids is 2. The first kappa shape index (κ1) is 22.9. The van der Waals surface area contributed by atoms with Crippen LogP contribution in [0.15, 0.2) is 0 Å². The Kier molecular flexibility index (Phi) is 8.56. The molecule has 4 unspecified atom stereocenters. The van der Waals surface area contributed by atoms with Gasteiger partial charge < -0.3 is 23.8 Å². The quantitative estimate of drug-likeness (QED) is 0.634. The summed E-state index contributed by atoms with van der Waals surface area (Å²) in [6, 6.07) is -0.179. The van der Waals surface area contributed by atoms with Crippen molar-refractivity contribution in [1.82, 2.24) is 4.90 Å². The molecule has 2 heterocycles. The summed E-state index contributed by atoms with van der Waals surface area (Å²) in [5, 5.41) is 0. The number of piperidine rings is 1. The fraction of sp³-hybridized carbons (Fsp3) is 0.905. The largest absolute Gasteiger partial charge is 0.459 e. The zero-order chi connectivity index (χ0) is 20.7. The minimum absolute atomic E-state index is 0.0578. The lowest BCUT2D eigenvalue weighted by Crippen LogP contribution is -2.52. The number of esters is 1. The summed E-state index contributed by atoms with van der Waals surface area (Å²) < 4.78 is 22.5. The van der Waals surface area contributed by atoms with Crippen molar-refractivity contribution in [3.8, 4) is 0 Å². The van der Waals surface area contributed by atoms with Crippen molar-refractivity contribution in [2.75, 3.05) is 19.8 Å². The van der Waals surface area contributed by atoms with Crippen LogP contribution in [0.1, 0.15) is 73.1 Å². The predicted molar refractivity (Wildman–Crippen MR) is 105 cm³/mol. The highest BCUT2D eigenvalue weighted by Crippen LogP contribution is 2.24. The number of carbonyl (C=O) groups is 2. The molecule has 4 atom stereocenters. The number of nitrogens with zero attached hydrogens (tertiary/aromatic N) is 1. The summed E-state index contributed by atoms with van der Waals surface area (Å²) in [5.74, 6) is -0.405. The van der Waals surface area contributed by atoms with Crippen molar-refractivity contribution < 1.29 is 28.5 Å². The maximum atomic E-state index is 12.6. The highest BCUT2D eigenvalue weighted by atomic mass is 16.6. The molecule has 0 bridgehead atoms. The molecule has 2 fully saturated rings. The van der Waals surface area contributed by atoms with Gasteiger partial charge in [-0.25, -0.2) is 9.59 Å². The molecule has 2 aliphatic heterocycles. The molecule has 2 rings (SSSR count). The molecule has 0 aromatic heterocycles. The summed E-state index contributed by atoms with van der Waals surface area (Å²) in [6.07, 6.45) is 4.52. The molecule has 0 aromatic rings. The van der Waals surface area contributed by atoms with Gasteiger partial charge in [-0.15, -0.1) is 0 Å². The predicted octanol–water partition coefficient (Wildman–Crippen LogP) is 3.68. The van der Waals surface area contributed by atoms with Gasteiger partial charge in [-0.05, 0) is 73.1 Å². The lowest BCUT2D eigenvalue weighted by molar-refractivity contribution is -0.167. The van der Waals surface area contributed by atoms with Crippen LogP contribution in [-0.4, -0.2) is 66.7 Å². The molecule has 0 aliphatic carbocycles. The fourth-order valence-corrected chi connectivity index (χ4v) is 3.61. The molecule has 0 N–H and O–H groups in total. The summed E-state index contributed by atoms with van der Waals surface area (Å²) in [4.78, 5) is 26.7. The van der Waals surface area contributed by atoms with Crippen LogP contribution in [0.25, 0.3) is 0 Å². The van der Waals surface area contributed by atoms with E-state index in [-0.39, 0.29) is 18.2 Å². The van der Waals surface area contributed by atoms with Gasteiger partial charge in [-0.1, -0.05) is 0 Å². The van der Waals surface area contributed by atoms with Crippen LogP contribution in [0.5, 0.6) is 0 Å². The number of hydrogen-bond donors (Lipinski definition) is 0. The Labute approximate surface area is 169 Å². The SMILES string of the molecule is CC(OCC1CCCCO1)C(=O)OC(C)C1CCCCN1C(=O)OC(C)(C)C. The zero-order valence-electron chi connectivity index (χ0n) is 18.1. The van der Waals surface area contributed by atoms with Gasteiger partial charge in [0.1, 0.15) is 11.7 Å². The van der Waals surface area contributed by atoms with Crippen LogP contribution in [-0.2, 0) is 23.7 Å². The van der Waals surface area contributed by atoms with Gasteiger partial charge in [0.2, 0.25) is 0 Å². The van der Waals surface area contributed by atoms with Crippen molar-refractivity contribution in [2.24, 2.45) is 0 Å². The Morgan fingerprint density at radius 1 is 1.11 bits per heavy atom. The van der Waals surface area contributed by atoms with Gasteiger partial charge in [0.25, 0.3) is 0 Å². The zero-order valence-corrected chi connectivity index (χ0v) is 18.1. The van der Waals surface area contributed by atoms with Crippen molar-refractivity contribution in [2.45, 2.75) is 103 Å². The van der Waals surface area contributed by atoms with Gasteiger partial charge in [0.05, 0.1) is 18.8 Å². The molecule has 0 radical (unpaired) electrons. The van der Waals surface area contributed by atoms with E-state index in [0.29, 0.717) is 13.2 Å². The average Bonchev–Trinajstić information content (AvgIpc) is 2.65. The number of hydrogen-bond acceptors (Lipinski definition) is 6. The second-order valence-corrected chi connectivity index (χ2v) is 8.84. The maximum absolute atomic E-state index is 12.6. The van der Waals surface area contributed by atoms with E-state index in [4.69, 9.17) is 18.9 Å². The third-order valence-corrected chi connectivity index (χ3v) is 5.16. The summed E-state index contributed by atoms with van der Waals surface area (Å²) in [7, 11) is 0. The molecule has 2 saturated heterocycles. The highest BCUT2D eigenvalue weighted by molar-refractivity contribution is 5.74. The first-order valence-electron chi connectivity index (χ1n) is 10.6. The Morgan fingerprint density at radius 2 is 1.82 bits per heavy atom. The van der Waals surface area contributed by atoms with Crippen LogP contribution in [0.3, 0.4) is 0 Å². The van der Waals surface area contributed by atoms with E-state index in [1.165, 1.54) is 0 Å². The van der Waals surface area contributed by atoms with E-state index in [1.807, 2.05) is 27.7 Å². The molecule has 162 valence electrons. The molecular formula is C21H37NO6. The van der Waals surface area contributed by atoms with Gasteiger partial charge >= 0.3 is 12.1 Å². The smallest absolute Gasteiger partial charge is 0.410 e. The van der Waals surface area contributed by atoms with Crippen LogP contribution < -0.4 is 0 Å². The summed E-state index contributed by atoms with van der Waals surface area (Å²) >= 11 is 0. The molecule has 0 saturated carbocycles. The first-order valence-corrected chi connectivity index (χ1v) is 10.6. The lowest BCUT2D eigenvalue weighted by Gasteiger charge is -2.39. The van der Waals surface area contributed by atoms with E-state index in [1.54, 1.807) is 11.8 Å². The standard InChI is InChI=1S/C21H37NO6/c1-15(18-11-6-8-12-22(18)20(24)28-21(3,4)5)27-19(23)16(2)26-14-17-10-7-9-13-25-17/h15-18H,6-14H2,1-5H3. The maximum Gasteiger partial charge on any atom is 0.410 e. The fourth-order valence-electron chi connectivity index (χ4n) is 3.61. The molecular weight excluding hydrogens is 362 g/mol. The molecule has 28 heavy (non-hydrogen) atoms. The normalized spacial score (nSPS) is 25.7. The van der Waals surface area contributed by atoms with Crippen molar-refractivity contribution >= 4 is 12.1 Å². The highest BCUT2D eigenvalue weighted by Gasteiger charge is 2.36. The van der Waals surface area contributed by atoms with Crippen LogP contribution >= 0.6 is 0 Å².